The van der Waals surface area contributed by atoms with Crippen LogP contribution in [0, 0.1) is 13.8 Å². The molecular weight excluding hydrogens is 248 g/mol. The number of sulfonamides is 1. The average Bonchev–Trinajstić information content (AvgIpc) is 2.35. The first-order valence-electron chi connectivity index (χ1n) is 5.95. The van der Waals surface area contributed by atoms with Gasteiger partial charge in [0.1, 0.15) is 4.90 Å². The van der Waals surface area contributed by atoms with Crippen molar-refractivity contribution in [2.45, 2.75) is 25.2 Å². The Bertz CT molecular complexity index is 591. The minimum Gasteiger partial charge on any atom is -0.398 e. The van der Waals surface area contributed by atoms with E-state index in [0.717, 1.165) is 17.5 Å². The Morgan fingerprint density at radius 1 is 1.22 bits per heavy atom. The van der Waals surface area contributed by atoms with Crippen molar-refractivity contribution >= 4 is 15.7 Å². The molecule has 0 bridgehead atoms. The van der Waals surface area contributed by atoms with Crippen LogP contribution in [0.1, 0.15) is 17.5 Å². The van der Waals surface area contributed by atoms with Crippen molar-refractivity contribution in [2.24, 2.45) is 0 Å². The molecule has 98 valence electrons. The normalized spacial score (nSPS) is 17.0. The van der Waals surface area contributed by atoms with Crippen LogP contribution in [0.2, 0.25) is 0 Å². The third kappa shape index (κ3) is 2.15. The summed E-state index contributed by atoms with van der Waals surface area (Å²) in [6, 6.07) is 3.51. The average molecular weight is 266 g/mol. The molecule has 18 heavy (non-hydrogen) atoms. The summed E-state index contributed by atoms with van der Waals surface area (Å²) in [6.07, 6.45) is 4.63. The number of benzene rings is 1. The molecular formula is C13H18N2O2S. The highest BCUT2D eigenvalue weighted by Crippen LogP contribution is 2.28. The second-order valence-corrected chi connectivity index (χ2v) is 6.42. The van der Waals surface area contributed by atoms with Crippen LogP contribution in [0.25, 0.3) is 0 Å². The van der Waals surface area contributed by atoms with Crippen LogP contribution in [0.4, 0.5) is 5.69 Å². The second-order valence-electron chi connectivity index (χ2n) is 4.55. The standard InChI is InChI=1S/C13H18N2O2S/c1-10-6-7-12(14)13(11(10)2)18(16,17)15-8-4-3-5-9-15/h3-4,6-7H,5,8-9,14H2,1-2H3. The van der Waals surface area contributed by atoms with Gasteiger partial charge in [0, 0.05) is 13.1 Å². The summed E-state index contributed by atoms with van der Waals surface area (Å²) in [5.74, 6) is 0. The van der Waals surface area contributed by atoms with Crippen molar-refractivity contribution in [3.63, 3.8) is 0 Å². The van der Waals surface area contributed by atoms with E-state index in [4.69, 9.17) is 5.73 Å². The molecule has 1 aromatic carbocycles. The zero-order valence-electron chi connectivity index (χ0n) is 10.7. The van der Waals surface area contributed by atoms with Crippen LogP contribution in [-0.2, 0) is 10.0 Å². The maximum absolute atomic E-state index is 12.6. The Morgan fingerprint density at radius 3 is 2.56 bits per heavy atom. The third-order valence-corrected chi connectivity index (χ3v) is 5.40. The van der Waals surface area contributed by atoms with Gasteiger partial charge in [-0.3, -0.25) is 0 Å². The highest BCUT2D eigenvalue weighted by Gasteiger charge is 2.28. The Morgan fingerprint density at radius 2 is 1.94 bits per heavy atom. The first-order chi connectivity index (χ1) is 8.44. The molecule has 1 heterocycles. The molecule has 0 spiro atoms. The van der Waals surface area contributed by atoms with E-state index in [1.807, 2.05) is 25.1 Å². The van der Waals surface area contributed by atoms with Crippen LogP contribution in [-0.4, -0.2) is 25.8 Å². The van der Waals surface area contributed by atoms with E-state index in [9.17, 15) is 8.42 Å². The molecule has 0 atom stereocenters. The van der Waals surface area contributed by atoms with Gasteiger partial charge in [0.15, 0.2) is 0 Å². The van der Waals surface area contributed by atoms with Gasteiger partial charge in [0.05, 0.1) is 5.69 Å². The summed E-state index contributed by atoms with van der Waals surface area (Å²) in [4.78, 5) is 0.262. The summed E-state index contributed by atoms with van der Waals surface area (Å²) in [6.45, 7) is 4.64. The Labute approximate surface area is 108 Å². The van der Waals surface area contributed by atoms with E-state index in [1.54, 1.807) is 13.0 Å². The summed E-state index contributed by atoms with van der Waals surface area (Å²) < 4.78 is 26.7. The summed E-state index contributed by atoms with van der Waals surface area (Å²) >= 11 is 0. The van der Waals surface area contributed by atoms with Gasteiger partial charge in [0.2, 0.25) is 10.0 Å². The van der Waals surface area contributed by atoms with Gasteiger partial charge in [-0.15, -0.1) is 0 Å². The molecule has 2 rings (SSSR count). The molecule has 2 N–H and O–H groups in total. The lowest BCUT2D eigenvalue weighted by Gasteiger charge is -2.24. The lowest BCUT2D eigenvalue weighted by Crippen LogP contribution is -2.34. The van der Waals surface area contributed by atoms with Gasteiger partial charge in [-0.2, -0.15) is 4.31 Å². The van der Waals surface area contributed by atoms with E-state index in [2.05, 4.69) is 0 Å². The molecule has 0 saturated heterocycles. The first-order valence-corrected chi connectivity index (χ1v) is 7.39. The molecule has 1 aliphatic heterocycles. The summed E-state index contributed by atoms with van der Waals surface area (Å²) in [5, 5.41) is 0. The highest BCUT2D eigenvalue weighted by atomic mass is 32.2. The number of hydrogen-bond acceptors (Lipinski definition) is 3. The van der Waals surface area contributed by atoms with Gasteiger partial charge in [-0.25, -0.2) is 8.42 Å². The molecule has 0 saturated carbocycles. The lowest BCUT2D eigenvalue weighted by atomic mass is 10.1. The van der Waals surface area contributed by atoms with Crippen molar-refractivity contribution < 1.29 is 8.42 Å². The van der Waals surface area contributed by atoms with Crippen molar-refractivity contribution in [3.8, 4) is 0 Å². The SMILES string of the molecule is Cc1ccc(N)c(S(=O)(=O)N2CC=CCC2)c1C. The van der Waals surface area contributed by atoms with E-state index in [-0.39, 0.29) is 4.90 Å². The summed E-state index contributed by atoms with van der Waals surface area (Å²) in [7, 11) is -3.49. The molecule has 0 aromatic heterocycles. The zero-order valence-corrected chi connectivity index (χ0v) is 11.5. The van der Waals surface area contributed by atoms with Crippen LogP contribution in [0.5, 0.6) is 0 Å². The number of hydrogen-bond donors (Lipinski definition) is 1. The smallest absolute Gasteiger partial charge is 0.245 e. The molecule has 1 aromatic rings. The van der Waals surface area contributed by atoms with Crippen molar-refractivity contribution in [2.75, 3.05) is 18.8 Å². The Balaban J connectivity index is 2.54. The number of aryl methyl sites for hydroxylation is 1. The van der Waals surface area contributed by atoms with E-state index < -0.39 is 10.0 Å². The summed E-state index contributed by atoms with van der Waals surface area (Å²) in [5.41, 5.74) is 7.87. The van der Waals surface area contributed by atoms with Crippen LogP contribution < -0.4 is 5.73 Å². The minimum absolute atomic E-state index is 0.262. The van der Waals surface area contributed by atoms with Crippen molar-refractivity contribution in [1.82, 2.24) is 4.31 Å². The molecule has 0 amide bonds. The number of nitrogen functional groups attached to an aromatic ring is 1. The fourth-order valence-electron chi connectivity index (χ4n) is 2.12. The Hall–Kier alpha value is -1.33. The lowest BCUT2D eigenvalue weighted by molar-refractivity contribution is 0.437. The first kappa shape index (κ1) is 13.1. The maximum atomic E-state index is 12.6. The molecule has 0 fully saturated rings. The van der Waals surface area contributed by atoms with E-state index in [0.29, 0.717) is 18.8 Å². The molecule has 0 aliphatic carbocycles. The minimum atomic E-state index is -3.49. The number of rotatable bonds is 2. The molecule has 5 heteroatoms. The van der Waals surface area contributed by atoms with Crippen molar-refractivity contribution in [1.29, 1.82) is 0 Å². The monoisotopic (exact) mass is 266 g/mol. The molecule has 0 unspecified atom stereocenters. The largest absolute Gasteiger partial charge is 0.398 e. The second kappa shape index (κ2) is 4.74. The van der Waals surface area contributed by atoms with Gasteiger partial charge in [0.25, 0.3) is 0 Å². The van der Waals surface area contributed by atoms with Crippen LogP contribution in [0.15, 0.2) is 29.2 Å². The predicted molar refractivity (Wildman–Crippen MR) is 72.8 cm³/mol. The number of nitrogens with two attached hydrogens (primary N) is 1. The number of anilines is 1. The fourth-order valence-corrected chi connectivity index (χ4v) is 3.92. The van der Waals surface area contributed by atoms with Crippen LogP contribution >= 0.6 is 0 Å². The third-order valence-electron chi connectivity index (χ3n) is 3.33. The molecule has 4 nitrogen and oxygen atoms in total. The van der Waals surface area contributed by atoms with Crippen LogP contribution in [0.3, 0.4) is 0 Å². The quantitative estimate of drug-likeness (QED) is 0.656. The molecule has 1 aliphatic rings. The van der Waals surface area contributed by atoms with Gasteiger partial charge in [-0.05, 0) is 37.5 Å². The van der Waals surface area contributed by atoms with Gasteiger partial charge >= 0.3 is 0 Å². The van der Waals surface area contributed by atoms with Crippen molar-refractivity contribution in [3.05, 3.63) is 35.4 Å². The zero-order chi connectivity index (χ0) is 13.3. The van der Waals surface area contributed by atoms with E-state index in [1.165, 1.54) is 4.31 Å². The fraction of sp³-hybridized carbons (Fsp3) is 0.385. The number of nitrogens with zero attached hydrogens (tertiary/aromatic N) is 1. The van der Waals surface area contributed by atoms with Gasteiger partial charge in [-0.1, -0.05) is 18.2 Å². The maximum Gasteiger partial charge on any atom is 0.245 e. The van der Waals surface area contributed by atoms with E-state index >= 15 is 0 Å². The predicted octanol–water partition coefficient (Wildman–Crippen LogP) is 1.84. The topological polar surface area (TPSA) is 63.4 Å². The molecule has 0 radical (unpaired) electrons. The Kier molecular flexibility index (Phi) is 3.45. The van der Waals surface area contributed by atoms with Gasteiger partial charge < -0.3 is 5.73 Å². The highest BCUT2D eigenvalue weighted by molar-refractivity contribution is 7.89.